The predicted octanol–water partition coefficient (Wildman–Crippen LogP) is 1.06. The molecule has 1 atom stereocenters. The van der Waals surface area contributed by atoms with Gasteiger partial charge in [-0.1, -0.05) is 17.7 Å². The largest absolute Gasteiger partial charge is 0.314 e. The second-order valence-corrected chi connectivity index (χ2v) is 5.55. The van der Waals surface area contributed by atoms with Crippen LogP contribution in [0, 0.1) is 6.92 Å². The van der Waals surface area contributed by atoms with Crippen LogP contribution in [0.4, 0.5) is 0 Å². The zero-order chi connectivity index (χ0) is 11.6. The Hall–Kier alpha value is -0.910. The molecule has 0 unspecified atom stereocenters. The van der Waals surface area contributed by atoms with Crippen LogP contribution in [0.15, 0.2) is 29.2 Å². The maximum absolute atomic E-state index is 11.8. The van der Waals surface area contributed by atoms with E-state index in [0.29, 0.717) is 6.54 Å². The molecule has 0 aromatic heterocycles. The highest BCUT2D eigenvalue weighted by molar-refractivity contribution is 7.86. The normalized spacial score (nSPS) is 21.2. The van der Waals surface area contributed by atoms with Crippen molar-refractivity contribution in [1.29, 1.82) is 0 Å². The fourth-order valence-corrected chi connectivity index (χ4v) is 2.75. The lowest BCUT2D eigenvalue weighted by atomic mass is 10.2. The molecule has 4 nitrogen and oxygen atoms in total. The van der Waals surface area contributed by atoms with E-state index in [-0.39, 0.29) is 11.0 Å². The molecule has 1 N–H and O–H groups in total. The van der Waals surface area contributed by atoms with Crippen molar-refractivity contribution in [1.82, 2.24) is 5.32 Å². The molecule has 88 valence electrons. The van der Waals surface area contributed by atoms with E-state index in [4.69, 9.17) is 4.18 Å². The van der Waals surface area contributed by atoms with Gasteiger partial charge in [0.1, 0.15) is 0 Å². The molecule has 1 aromatic rings. The maximum Gasteiger partial charge on any atom is 0.297 e. The second kappa shape index (κ2) is 4.53. The Kier molecular flexibility index (Phi) is 3.28. The quantitative estimate of drug-likeness (QED) is 0.804. The second-order valence-electron chi connectivity index (χ2n) is 3.98. The summed E-state index contributed by atoms with van der Waals surface area (Å²) in [6, 6.07) is 6.69. The van der Waals surface area contributed by atoms with Gasteiger partial charge in [0.05, 0.1) is 11.0 Å². The Labute approximate surface area is 95.7 Å². The number of hydrogen-bond donors (Lipinski definition) is 1. The molecule has 1 aromatic carbocycles. The minimum atomic E-state index is -3.60. The summed E-state index contributed by atoms with van der Waals surface area (Å²) in [5.74, 6) is 0. The average molecular weight is 241 g/mol. The summed E-state index contributed by atoms with van der Waals surface area (Å²) >= 11 is 0. The molecule has 1 fully saturated rings. The van der Waals surface area contributed by atoms with Crippen LogP contribution in [0.1, 0.15) is 12.0 Å². The average Bonchev–Trinajstić information content (AvgIpc) is 2.70. The van der Waals surface area contributed by atoms with Gasteiger partial charge < -0.3 is 5.32 Å². The van der Waals surface area contributed by atoms with Gasteiger partial charge in [0, 0.05) is 6.54 Å². The lowest BCUT2D eigenvalue weighted by molar-refractivity contribution is 0.230. The smallest absolute Gasteiger partial charge is 0.297 e. The fraction of sp³-hybridized carbons (Fsp3) is 0.455. The monoisotopic (exact) mass is 241 g/mol. The lowest BCUT2D eigenvalue weighted by Gasteiger charge is -2.10. The van der Waals surface area contributed by atoms with Crippen LogP contribution in [0.5, 0.6) is 0 Å². The van der Waals surface area contributed by atoms with E-state index >= 15 is 0 Å². The highest BCUT2D eigenvalue weighted by Crippen LogP contribution is 2.17. The van der Waals surface area contributed by atoms with Crippen LogP contribution in [-0.2, 0) is 14.3 Å². The highest BCUT2D eigenvalue weighted by atomic mass is 32.2. The van der Waals surface area contributed by atoms with Crippen LogP contribution in [0.2, 0.25) is 0 Å². The van der Waals surface area contributed by atoms with Gasteiger partial charge in [0.2, 0.25) is 0 Å². The first-order valence-electron chi connectivity index (χ1n) is 5.28. The molecular formula is C11H15NO3S. The van der Waals surface area contributed by atoms with Gasteiger partial charge >= 0.3 is 0 Å². The summed E-state index contributed by atoms with van der Waals surface area (Å²) in [5, 5.41) is 3.07. The van der Waals surface area contributed by atoms with E-state index in [0.717, 1.165) is 18.5 Å². The molecule has 1 heterocycles. The van der Waals surface area contributed by atoms with Crippen molar-refractivity contribution in [3.63, 3.8) is 0 Å². The van der Waals surface area contributed by atoms with Gasteiger partial charge in [-0.05, 0) is 32.0 Å². The van der Waals surface area contributed by atoms with Crippen LogP contribution >= 0.6 is 0 Å². The molecule has 0 amide bonds. The van der Waals surface area contributed by atoms with Gasteiger partial charge in [-0.3, -0.25) is 4.18 Å². The standard InChI is InChI=1S/C11H15NO3S/c1-9-2-4-11(5-3-9)16(13,14)15-10-6-7-12-8-10/h2-5,10,12H,6-8H2,1H3/t10-/m1/s1. The number of nitrogens with one attached hydrogen (secondary N) is 1. The first-order valence-corrected chi connectivity index (χ1v) is 6.69. The summed E-state index contributed by atoms with van der Waals surface area (Å²) in [5.41, 5.74) is 1.03. The molecule has 1 aliphatic heterocycles. The van der Waals surface area contributed by atoms with E-state index in [2.05, 4.69) is 5.32 Å². The molecule has 0 radical (unpaired) electrons. The zero-order valence-corrected chi connectivity index (χ0v) is 9.96. The van der Waals surface area contributed by atoms with Crippen LogP contribution in [0.3, 0.4) is 0 Å². The van der Waals surface area contributed by atoms with E-state index in [1.54, 1.807) is 24.3 Å². The number of hydrogen-bond acceptors (Lipinski definition) is 4. The number of aryl methyl sites for hydroxylation is 1. The minimum Gasteiger partial charge on any atom is -0.314 e. The van der Waals surface area contributed by atoms with Crippen molar-refractivity contribution in [2.24, 2.45) is 0 Å². The van der Waals surface area contributed by atoms with Crippen molar-refractivity contribution in [3.05, 3.63) is 29.8 Å². The molecule has 5 heteroatoms. The Morgan fingerprint density at radius 2 is 2.00 bits per heavy atom. The summed E-state index contributed by atoms with van der Waals surface area (Å²) < 4.78 is 28.8. The van der Waals surface area contributed by atoms with Gasteiger partial charge in [0.15, 0.2) is 0 Å². The molecule has 1 saturated heterocycles. The molecule has 0 saturated carbocycles. The molecule has 0 aliphatic carbocycles. The van der Waals surface area contributed by atoms with Crippen LogP contribution in [0.25, 0.3) is 0 Å². The predicted molar refractivity (Wildman–Crippen MR) is 60.7 cm³/mol. The van der Waals surface area contributed by atoms with E-state index < -0.39 is 10.1 Å². The Balaban J connectivity index is 2.14. The minimum absolute atomic E-state index is 0.227. The van der Waals surface area contributed by atoms with Crippen molar-refractivity contribution < 1.29 is 12.6 Å². The zero-order valence-electron chi connectivity index (χ0n) is 9.14. The number of rotatable bonds is 3. The van der Waals surface area contributed by atoms with Crippen molar-refractivity contribution in [2.45, 2.75) is 24.3 Å². The Morgan fingerprint density at radius 1 is 1.31 bits per heavy atom. The van der Waals surface area contributed by atoms with Crippen molar-refractivity contribution in [3.8, 4) is 0 Å². The molecule has 1 aliphatic rings. The van der Waals surface area contributed by atoms with Gasteiger partial charge in [-0.15, -0.1) is 0 Å². The van der Waals surface area contributed by atoms with Crippen LogP contribution in [-0.4, -0.2) is 27.6 Å². The van der Waals surface area contributed by atoms with Crippen molar-refractivity contribution >= 4 is 10.1 Å². The Bertz CT molecular complexity index is 447. The molecular weight excluding hydrogens is 226 g/mol. The highest BCUT2D eigenvalue weighted by Gasteiger charge is 2.24. The molecule has 2 rings (SSSR count). The summed E-state index contributed by atoms with van der Waals surface area (Å²) in [6.07, 6.45) is 0.511. The molecule has 0 spiro atoms. The van der Waals surface area contributed by atoms with Crippen molar-refractivity contribution in [2.75, 3.05) is 13.1 Å². The van der Waals surface area contributed by atoms with Crippen LogP contribution < -0.4 is 5.32 Å². The SMILES string of the molecule is Cc1ccc(S(=O)(=O)O[C@@H]2CCNC2)cc1. The van der Waals surface area contributed by atoms with Gasteiger partial charge in [0.25, 0.3) is 10.1 Å². The molecule has 16 heavy (non-hydrogen) atoms. The lowest BCUT2D eigenvalue weighted by Crippen LogP contribution is -2.21. The Morgan fingerprint density at radius 3 is 2.56 bits per heavy atom. The third kappa shape index (κ3) is 2.61. The topological polar surface area (TPSA) is 55.4 Å². The summed E-state index contributed by atoms with van der Waals surface area (Å²) in [4.78, 5) is 0.227. The third-order valence-corrected chi connectivity index (χ3v) is 3.96. The maximum atomic E-state index is 11.8. The summed E-state index contributed by atoms with van der Waals surface area (Å²) in [7, 11) is -3.60. The van der Waals surface area contributed by atoms with E-state index in [1.807, 2.05) is 6.92 Å². The third-order valence-electron chi connectivity index (χ3n) is 2.59. The van der Waals surface area contributed by atoms with Gasteiger partial charge in [-0.2, -0.15) is 8.42 Å². The number of benzene rings is 1. The summed E-state index contributed by atoms with van der Waals surface area (Å²) in [6.45, 7) is 3.33. The fourth-order valence-electron chi connectivity index (χ4n) is 1.65. The molecule has 0 bridgehead atoms. The van der Waals surface area contributed by atoms with Gasteiger partial charge in [-0.25, -0.2) is 0 Å². The van der Waals surface area contributed by atoms with E-state index in [1.165, 1.54) is 0 Å². The first-order chi connectivity index (χ1) is 7.58. The van der Waals surface area contributed by atoms with E-state index in [9.17, 15) is 8.42 Å². The first kappa shape index (κ1) is 11.6.